The summed E-state index contributed by atoms with van der Waals surface area (Å²) in [6.07, 6.45) is 0. The Balaban J connectivity index is 1.65. The molecule has 0 amide bonds. The van der Waals surface area contributed by atoms with Gasteiger partial charge in [-0.1, -0.05) is 96.1 Å². The van der Waals surface area contributed by atoms with Crippen LogP contribution in [0.3, 0.4) is 0 Å². The zero-order chi connectivity index (χ0) is 22.8. The molecular weight excluding hydrogens is 408 g/mol. The third kappa shape index (κ3) is 2.85. The average Bonchev–Trinajstić information content (AvgIpc) is 2.87. The Bertz CT molecular complexity index is 1700. The Hall–Kier alpha value is -4.16. The minimum atomic E-state index is 1.26. The van der Waals surface area contributed by atoms with E-state index in [4.69, 9.17) is 0 Å². The topological polar surface area (TPSA) is 0 Å². The van der Waals surface area contributed by atoms with Crippen LogP contribution in [-0.2, 0) is 0 Å². The Morgan fingerprint density at radius 2 is 0.765 bits per heavy atom. The van der Waals surface area contributed by atoms with Crippen LogP contribution >= 0.6 is 0 Å². The summed E-state index contributed by atoms with van der Waals surface area (Å²) in [5.74, 6) is 0. The molecule has 34 heavy (non-hydrogen) atoms. The van der Waals surface area contributed by atoms with Crippen molar-refractivity contribution < 1.29 is 0 Å². The van der Waals surface area contributed by atoms with Crippen LogP contribution in [0.15, 0.2) is 109 Å². The molecule has 0 nitrogen and oxygen atoms in total. The maximum Gasteiger partial charge on any atom is -0.00259 e. The summed E-state index contributed by atoms with van der Waals surface area (Å²) >= 11 is 0. The first-order chi connectivity index (χ1) is 16.7. The van der Waals surface area contributed by atoms with Crippen LogP contribution in [0.4, 0.5) is 0 Å². The normalized spacial score (nSPS) is 11.8. The van der Waals surface area contributed by atoms with Crippen LogP contribution in [-0.4, -0.2) is 0 Å². The molecule has 0 spiro atoms. The second-order valence-electron chi connectivity index (χ2n) is 9.59. The van der Waals surface area contributed by atoms with Crippen molar-refractivity contribution in [3.63, 3.8) is 0 Å². The molecule has 0 aromatic heterocycles. The lowest BCUT2D eigenvalue weighted by Crippen LogP contribution is -1.90. The molecule has 0 heterocycles. The molecule has 0 aliphatic rings. The van der Waals surface area contributed by atoms with Crippen LogP contribution in [0.5, 0.6) is 0 Å². The molecule has 0 atom stereocenters. The highest BCUT2D eigenvalue weighted by Gasteiger charge is 2.15. The van der Waals surface area contributed by atoms with Crippen LogP contribution in [0.2, 0.25) is 0 Å². The molecular formula is C34H24. The fraction of sp³-hybridized carbons (Fsp3) is 0.0588. The van der Waals surface area contributed by atoms with Gasteiger partial charge in [0.2, 0.25) is 0 Å². The van der Waals surface area contributed by atoms with Gasteiger partial charge in [-0.2, -0.15) is 0 Å². The van der Waals surface area contributed by atoms with Crippen molar-refractivity contribution in [3.05, 3.63) is 120 Å². The minimum absolute atomic E-state index is 1.26. The van der Waals surface area contributed by atoms with E-state index < -0.39 is 0 Å². The van der Waals surface area contributed by atoms with Gasteiger partial charge >= 0.3 is 0 Å². The lowest BCUT2D eigenvalue weighted by molar-refractivity contribution is 1.47. The number of hydrogen-bond acceptors (Lipinski definition) is 0. The summed E-state index contributed by atoms with van der Waals surface area (Å²) in [6.45, 7) is 4.29. The molecule has 0 N–H and O–H groups in total. The minimum Gasteiger partial charge on any atom is -0.0610 e. The molecule has 0 unspecified atom stereocenters. The van der Waals surface area contributed by atoms with E-state index in [1.807, 2.05) is 0 Å². The lowest BCUT2D eigenvalue weighted by atomic mass is 9.86. The summed E-state index contributed by atoms with van der Waals surface area (Å²) < 4.78 is 0. The van der Waals surface area contributed by atoms with Crippen molar-refractivity contribution >= 4 is 43.1 Å². The highest BCUT2D eigenvalue weighted by atomic mass is 14.2. The summed E-state index contributed by atoms with van der Waals surface area (Å²) in [6, 6.07) is 40.7. The second-order valence-corrected chi connectivity index (χ2v) is 9.59. The van der Waals surface area contributed by atoms with Crippen LogP contribution in [0, 0.1) is 13.8 Å². The summed E-state index contributed by atoms with van der Waals surface area (Å²) in [7, 11) is 0. The van der Waals surface area contributed by atoms with Gasteiger partial charge in [-0.15, -0.1) is 0 Å². The van der Waals surface area contributed by atoms with Crippen molar-refractivity contribution in [2.45, 2.75) is 13.8 Å². The number of benzene rings is 7. The maximum absolute atomic E-state index is 2.40. The van der Waals surface area contributed by atoms with Crippen LogP contribution in [0.1, 0.15) is 11.1 Å². The third-order valence-electron chi connectivity index (χ3n) is 7.30. The first-order valence-electron chi connectivity index (χ1n) is 11.9. The van der Waals surface area contributed by atoms with E-state index in [2.05, 4.69) is 123 Å². The van der Waals surface area contributed by atoms with E-state index in [0.717, 1.165) is 0 Å². The largest absolute Gasteiger partial charge is 0.0610 e. The summed E-state index contributed by atoms with van der Waals surface area (Å²) in [5.41, 5.74) is 7.64. The first-order valence-corrected chi connectivity index (χ1v) is 11.9. The highest BCUT2D eigenvalue weighted by Crippen LogP contribution is 2.43. The van der Waals surface area contributed by atoms with Crippen molar-refractivity contribution in [2.24, 2.45) is 0 Å². The van der Waals surface area contributed by atoms with Gasteiger partial charge in [0.05, 0.1) is 0 Å². The van der Waals surface area contributed by atoms with E-state index in [-0.39, 0.29) is 0 Å². The molecule has 0 aliphatic heterocycles. The maximum atomic E-state index is 2.40. The quantitative estimate of drug-likeness (QED) is 0.188. The number of fused-ring (bicyclic) bond motifs is 2. The Labute approximate surface area is 199 Å². The molecule has 7 aromatic carbocycles. The number of rotatable bonds is 2. The lowest BCUT2D eigenvalue weighted by Gasteiger charge is -2.17. The van der Waals surface area contributed by atoms with Crippen molar-refractivity contribution in [1.82, 2.24) is 0 Å². The average molecular weight is 433 g/mol. The van der Waals surface area contributed by atoms with Gasteiger partial charge in [-0.25, -0.2) is 0 Å². The fourth-order valence-corrected chi connectivity index (χ4v) is 5.55. The predicted octanol–water partition coefficient (Wildman–Crippen LogP) is 9.69. The van der Waals surface area contributed by atoms with Crippen LogP contribution in [0.25, 0.3) is 65.3 Å². The van der Waals surface area contributed by atoms with E-state index in [1.165, 1.54) is 76.5 Å². The van der Waals surface area contributed by atoms with E-state index in [1.54, 1.807) is 0 Å². The zero-order valence-corrected chi connectivity index (χ0v) is 19.4. The van der Waals surface area contributed by atoms with Gasteiger partial charge in [0, 0.05) is 0 Å². The SMILES string of the molecule is Cc1ccc(-c2cc3cccc4c5cccc6cc(-c7ccc(C)cc7)cc(c(c2)c34)c65)cc1. The van der Waals surface area contributed by atoms with Gasteiger partial charge in [0.1, 0.15) is 0 Å². The Morgan fingerprint density at radius 3 is 1.18 bits per heavy atom. The van der Waals surface area contributed by atoms with Gasteiger partial charge in [0.25, 0.3) is 0 Å². The van der Waals surface area contributed by atoms with Gasteiger partial charge in [-0.05, 0) is 103 Å². The smallest absolute Gasteiger partial charge is 0.00259 e. The van der Waals surface area contributed by atoms with Gasteiger partial charge < -0.3 is 0 Å². The van der Waals surface area contributed by atoms with E-state index in [9.17, 15) is 0 Å². The van der Waals surface area contributed by atoms with E-state index >= 15 is 0 Å². The third-order valence-corrected chi connectivity index (χ3v) is 7.30. The predicted molar refractivity (Wildman–Crippen MR) is 148 cm³/mol. The van der Waals surface area contributed by atoms with Crippen LogP contribution < -0.4 is 0 Å². The Morgan fingerprint density at radius 1 is 0.353 bits per heavy atom. The summed E-state index contributed by atoms with van der Waals surface area (Å²) in [5, 5.41) is 10.7. The monoisotopic (exact) mass is 432 g/mol. The fourth-order valence-electron chi connectivity index (χ4n) is 5.55. The number of hydrogen-bond donors (Lipinski definition) is 0. The van der Waals surface area contributed by atoms with Crippen molar-refractivity contribution in [2.75, 3.05) is 0 Å². The molecule has 160 valence electrons. The summed E-state index contributed by atoms with van der Waals surface area (Å²) in [4.78, 5) is 0. The molecule has 7 rings (SSSR count). The molecule has 0 fully saturated rings. The molecule has 0 aliphatic carbocycles. The van der Waals surface area contributed by atoms with Crippen molar-refractivity contribution in [3.8, 4) is 22.3 Å². The van der Waals surface area contributed by atoms with E-state index in [0.29, 0.717) is 0 Å². The van der Waals surface area contributed by atoms with Crippen molar-refractivity contribution in [1.29, 1.82) is 0 Å². The molecule has 0 saturated heterocycles. The molecule has 7 aromatic rings. The zero-order valence-electron chi connectivity index (χ0n) is 19.4. The molecule has 0 radical (unpaired) electrons. The molecule has 0 saturated carbocycles. The van der Waals surface area contributed by atoms with Gasteiger partial charge in [-0.3, -0.25) is 0 Å². The first kappa shape index (κ1) is 19.3. The number of aryl methyl sites for hydroxylation is 2. The molecule has 0 bridgehead atoms. The standard InChI is InChI=1S/C34H24/c1-21-9-13-23(14-10-21)27-17-25-5-3-7-29-30-8-4-6-26-18-28(24-15-11-22(2)12-16-24)20-32(34(26)30)31(19-27)33(25)29/h3-20H,1-2H3. The second kappa shape index (κ2) is 7.17. The Kier molecular flexibility index (Phi) is 4.07. The highest BCUT2D eigenvalue weighted by molar-refractivity contribution is 6.33. The van der Waals surface area contributed by atoms with Gasteiger partial charge in [0.15, 0.2) is 0 Å². The molecule has 0 heteroatoms.